The third-order valence-corrected chi connectivity index (χ3v) is 2.87. The molecule has 0 amide bonds. The Balaban J connectivity index is 2.74. The topological polar surface area (TPSA) is 32.7 Å². The van der Waals surface area contributed by atoms with Gasteiger partial charge in [-0.1, -0.05) is 25.1 Å². The number of nitrogens with zero attached hydrogens (tertiary/aromatic N) is 1. The summed E-state index contributed by atoms with van der Waals surface area (Å²) in [5.74, 6) is 0. The molecule has 3 heteroatoms. The molecule has 1 N–H and O–H groups in total. The van der Waals surface area contributed by atoms with Crippen LogP contribution in [0.5, 0.6) is 0 Å². The zero-order chi connectivity index (χ0) is 12.7. The van der Waals surface area contributed by atoms with E-state index < -0.39 is 0 Å². The van der Waals surface area contributed by atoms with E-state index in [1.807, 2.05) is 45.2 Å². The highest BCUT2D eigenvalue weighted by atomic mass is 16.5. The lowest BCUT2D eigenvalue weighted by Crippen LogP contribution is -2.24. The number of hydrogen-bond acceptors (Lipinski definition) is 3. The smallest absolute Gasteiger partial charge is 0.0807 e. The van der Waals surface area contributed by atoms with Gasteiger partial charge < -0.3 is 14.7 Å². The van der Waals surface area contributed by atoms with E-state index in [0.29, 0.717) is 6.61 Å². The van der Waals surface area contributed by atoms with Crippen LogP contribution in [0.25, 0.3) is 0 Å². The largest absolute Gasteiger partial charge is 0.388 e. The van der Waals surface area contributed by atoms with E-state index in [-0.39, 0.29) is 6.10 Å². The summed E-state index contributed by atoms with van der Waals surface area (Å²) in [5.41, 5.74) is 2.08. The lowest BCUT2D eigenvalue weighted by Gasteiger charge is -2.24. The van der Waals surface area contributed by atoms with Gasteiger partial charge in [0.2, 0.25) is 0 Å². The number of para-hydroxylation sites is 1. The van der Waals surface area contributed by atoms with Gasteiger partial charge in [-0.2, -0.15) is 0 Å². The Morgan fingerprint density at radius 1 is 1.29 bits per heavy atom. The van der Waals surface area contributed by atoms with Crippen LogP contribution in [0, 0.1) is 0 Å². The maximum Gasteiger partial charge on any atom is 0.0807 e. The molecule has 0 aliphatic carbocycles. The van der Waals surface area contributed by atoms with Crippen molar-refractivity contribution in [2.24, 2.45) is 0 Å². The lowest BCUT2D eigenvalue weighted by molar-refractivity contribution is 0.154. The summed E-state index contributed by atoms with van der Waals surface area (Å²) in [6, 6.07) is 7.99. The highest BCUT2D eigenvalue weighted by Gasteiger charge is 2.12. The summed E-state index contributed by atoms with van der Waals surface area (Å²) in [6.07, 6.45) is 0.344. The SMILES string of the molecule is CCOCCN(C)c1ccccc1C(O)CC. The highest BCUT2D eigenvalue weighted by molar-refractivity contribution is 5.54. The second-order valence-electron chi connectivity index (χ2n) is 4.10. The number of aliphatic hydroxyl groups excluding tert-OH is 1. The molecule has 0 bridgehead atoms. The molecule has 0 aromatic heterocycles. The maximum absolute atomic E-state index is 9.97. The molecule has 0 saturated carbocycles. The first-order valence-corrected chi connectivity index (χ1v) is 6.26. The normalized spacial score (nSPS) is 12.5. The lowest BCUT2D eigenvalue weighted by atomic mass is 10.0. The van der Waals surface area contributed by atoms with E-state index in [0.717, 1.165) is 30.8 Å². The molecule has 0 heterocycles. The zero-order valence-electron chi connectivity index (χ0n) is 11.0. The first-order valence-electron chi connectivity index (χ1n) is 6.26. The van der Waals surface area contributed by atoms with Crippen LogP contribution in [0.15, 0.2) is 24.3 Å². The van der Waals surface area contributed by atoms with Gasteiger partial charge in [-0.3, -0.25) is 0 Å². The number of benzene rings is 1. The Morgan fingerprint density at radius 2 is 2.00 bits per heavy atom. The Bertz CT molecular complexity index is 328. The van der Waals surface area contributed by atoms with Crippen molar-refractivity contribution in [3.05, 3.63) is 29.8 Å². The standard InChI is InChI=1S/C14H23NO2/c1-4-14(16)12-8-6-7-9-13(12)15(3)10-11-17-5-2/h6-9,14,16H,4-5,10-11H2,1-3H3. The zero-order valence-corrected chi connectivity index (χ0v) is 11.0. The first kappa shape index (κ1) is 14.0. The van der Waals surface area contributed by atoms with Gasteiger partial charge >= 0.3 is 0 Å². The van der Waals surface area contributed by atoms with Gasteiger partial charge in [0.25, 0.3) is 0 Å². The molecule has 0 radical (unpaired) electrons. The van der Waals surface area contributed by atoms with Crippen molar-refractivity contribution in [2.75, 3.05) is 31.7 Å². The molecule has 1 aromatic rings. The van der Waals surface area contributed by atoms with Crippen molar-refractivity contribution >= 4 is 5.69 Å². The number of aliphatic hydroxyl groups is 1. The fraction of sp³-hybridized carbons (Fsp3) is 0.571. The Hall–Kier alpha value is -1.06. The maximum atomic E-state index is 9.97. The molecular weight excluding hydrogens is 214 g/mol. The van der Waals surface area contributed by atoms with Crippen molar-refractivity contribution < 1.29 is 9.84 Å². The molecule has 0 saturated heterocycles. The second-order valence-corrected chi connectivity index (χ2v) is 4.10. The number of ether oxygens (including phenoxy) is 1. The van der Waals surface area contributed by atoms with E-state index in [1.165, 1.54) is 0 Å². The average molecular weight is 237 g/mol. The van der Waals surface area contributed by atoms with Crippen LogP contribution in [-0.4, -0.2) is 31.9 Å². The Labute approximate surface area is 104 Å². The van der Waals surface area contributed by atoms with Crippen molar-refractivity contribution in [2.45, 2.75) is 26.4 Å². The van der Waals surface area contributed by atoms with Crippen molar-refractivity contribution in [3.63, 3.8) is 0 Å². The molecule has 1 aromatic carbocycles. The summed E-state index contributed by atoms with van der Waals surface area (Å²) < 4.78 is 5.35. The molecule has 1 atom stereocenters. The van der Waals surface area contributed by atoms with Gasteiger partial charge in [0.05, 0.1) is 12.7 Å². The van der Waals surface area contributed by atoms with Crippen LogP contribution in [-0.2, 0) is 4.74 Å². The van der Waals surface area contributed by atoms with Crippen LogP contribution < -0.4 is 4.90 Å². The Morgan fingerprint density at radius 3 is 2.65 bits per heavy atom. The van der Waals surface area contributed by atoms with E-state index in [9.17, 15) is 5.11 Å². The first-order chi connectivity index (χ1) is 8.20. The van der Waals surface area contributed by atoms with Crippen molar-refractivity contribution in [3.8, 4) is 0 Å². The van der Waals surface area contributed by atoms with E-state index in [1.54, 1.807) is 0 Å². The molecule has 3 nitrogen and oxygen atoms in total. The van der Waals surface area contributed by atoms with Gasteiger partial charge in [-0.05, 0) is 19.4 Å². The van der Waals surface area contributed by atoms with Crippen LogP contribution in [0.1, 0.15) is 31.9 Å². The molecule has 17 heavy (non-hydrogen) atoms. The number of anilines is 1. The minimum Gasteiger partial charge on any atom is -0.388 e. The predicted octanol–water partition coefficient (Wildman–Crippen LogP) is 2.60. The van der Waals surface area contributed by atoms with Gasteiger partial charge in [0.1, 0.15) is 0 Å². The molecular formula is C14H23NO2. The summed E-state index contributed by atoms with van der Waals surface area (Å²) in [5, 5.41) is 9.97. The van der Waals surface area contributed by atoms with Crippen LogP contribution >= 0.6 is 0 Å². The quantitative estimate of drug-likeness (QED) is 0.740. The molecule has 0 spiro atoms. The van der Waals surface area contributed by atoms with Crippen LogP contribution in [0.3, 0.4) is 0 Å². The summed E-state index contributed by atoms with van der Waals surface area (Å²) in [6.45, 7) is 6.27. The number of hydrogen-bond donors (Lipinski definition) is 1. The van der Waals surface area contributed by atoms with E-state index >= 15 is 0 Å². The summed E-state index contributed by atoms with van der Waals surface area (Å²) in [7, 11) is 2.03. The highest BCUT2D eigenvalue weighted by Crippen LogP contribution is 2.27. The van der Waals surface area contributed by atoms with Gasteiger partial charge in [-0.15, -0.1) is 0 Å². The van der Waals surface area contributed by atoms with Crippen molar-refractivity contribution in [1.29, 1.82) is 0 Å². The molecule has 0 fully saturated rings. The minimum atomic E-state index is -0.388. The third-order valence-electron chi connectivity index (χ3n) is 2.87. The summed E-state index contributed by atoms with van der Waals surface area (Å²) >= 11 is 0. The minimum absolute atomic E-state index is 0.388. The van der Waals surface area contributed by atoms with Gasteiger partial charge in [-0.25, -0.2) is 0 Å². The van der Waals surface area contributed by atoms with Crippen LogP contribution in [0.2, 0.25) is 0 Å². The van der Waals surface area contributed by atoms with Crippen LogP contribution in [0.4, 0.5) is 5.69 Å². The predicted molar refractivity (Wildman–Crippen MR) is 71.5 cm³/mol. The summed E-state index contributed by atoms with van der Waals surface area (Å²) in [4.78, 5) is 2.13. The molecule has 1 rings (SSSR count). The monoisotopic (exact) mass is 237 g/mol. The van der Waals surface area contributed by atoms with Gasteiger partial charge in [0, 0.05) is 31.5 Å². The number of likely N-dealkylation sites (N-methyl/N-ethyl adjacent to an activating group) is 1. The molecule has 1 unspecified atom stereocenters. The molecule has 0 aliphatic heterocycles. The third kappa shape index (κ3) is 4.02. The fourth-order valence-electron chi connectivity index (χ4n) is 1.80. The molecule has 96 valence electrons. The molecule has 0 aliphatic rings. The fourth-order valence-corrected chi connectivity index (χ4v) is 1.80. The second kappa shape index (κ2) is 7.30. The van der Waals surface area contributed by atoms with Gasteiger partial charge in [0.15, 0.2) is 0 Å². The van der Waals surface area contributed by atoms with E-state index in [4.69, 9.17) is 4.74 Å². The number of rotatable bonds is 7. The Kier molecular flexibility index (Phi) is 6.01. The van der Waals surface area contributed by atoms with Crippen molar-refractivity contribution in [1.82, 2.24) is 0 Å². The van der Waals surface area contributed by atoms with E-state index in [2.05, 4.69) is 4.90 Å². The average Bonchev–Trinajstić information content (AvgIpc) is 2.38.